The highest BCUT2D eigenvalue weighted by Crippen LogP contribution is 2.30. The van der Waals surface area contributed by atoms with Gasteiger partial charge in [0.2, 0.25) is 0 Å². The molecular weight excluding hydrogens is 222 g/mol. The van der Waals surface area contributed by atoms with Crippen molar-refractivity contribution in [1.82, 2.24) is 0 Å². The van der Waals surface area contributed by atoms with Gasteiger partial charge in [-0.3, -0.25) is 0 Å². The number of unbranched alkanes of at least 4 members (excludes halogenated alkanes) is 4. The van der Waals surface area contributed by atoms with Crippen molar-refractivity contribution in [2.24, 2.45) is 0 Å². The van der Waals surface area contributed by atoms with Crippen molar-refractivity contribution in [1.29, 1.82) is 0 Å². The van der Waals surface area contributed by atoms with Crippen molar-refractivity contribution >= 4 is 17.3 Å². The summed E-state index contributed by atoms with van der Waals surface area (Å²) < 4.78 is 5.59. The molecule has 0 bridgehead atoms. The number of rotatable bonds is 7. The maximum Gasteiger partial charge on any atom is 0.160 e. The van der Waals surface area contributed by atoms with Gasteiger partial charge in [-0.15, -0.1) is 0 Å². The fourth-order valence-electron chi connectivity index (χ4n) is 1.56. The molecule has 0 heterocycles. The SMILES string of the molecule is CCCCCCCOc1c(N)cccc1Cl. The van der Waals surface area contributed by atoms with Crippen LogP contribution in [-0.2, 0) is 0 Å². The molecule has 16 heavy (non-hydrogen) atoms. The molecule has 2 N–H and O–H groups in total. The largest absolute Gasteiger partial charge is 0.490 e. The summed E-state index contributed by atoms with van der Waals surface area (Å²) in [6.07, 6.45) is 6.10. The van der Waals surface area contributed by atoms with Gasteiger partial charge in [0.25, 0.3) is 0 Å². The van der Waals surface area contributed by atoms with Crippen LogP contribution in [0.4, 0.5) is 5.69 Å². The minimum atomic E-state index is 0.591. The third-order valence-electron chi connectivity index (χ3n) is 2.49. The predicted molar refractivity (Wildman–Crippen MR) is 70.1 cm³/mol. The van der Waals surface area contributed by atoms with Crippen LogP contribution in [0.15, 0.2) is 18.2 Å². The summed E-state index contributed by atoms with van der Waals surface area (Å²) in [6, 6.07) is 5.43. The van der Waals surface area contributed by atoms with Crippen LogP contribution >= 0.6 is 11.6 Å². The lowest BCUT2D eigenvalue weighted by Gasteiger charge is -2.10. The molecule has 0 atom stereocenters. The zero-order chi connectivity index (χ0) is 11.8. The second kappa shape index (κ2) is 7.39. The van der Waals surface area contributed by atoms with Crippen LogP contribution in [0.2, 0.25) is 5.02 Å². The summed E-state index contributed by atoms with van der Waals surface area (Å²) in [5.41, 5.74) is 6.39. The van der Waals surface area contributed by atoms with E-state index in [4.69, 9.17) is 22.1 Å². The van der Waals surface area contributed by atoms with E-state index in [-0.39, 0.29) is 0 Å². The molecule has 90 valence electrons. The molecule has 0 unspecified atom stereocenters. The molecule has 0 aliphatic rings. The number of nitrogen functional groups attached to an aromatic ring is 1. The zero-order valence-electron chi connectivity index (χ0n) is 9.84. The molecule has 0 radical (unpaired) electrons. The first-order valence-electron chi connectivity index (χ1n) is 5.92. The quantitative estimate of drug-likeness (QED) is 0.572. The molecule has 1 aromatic rings. The van der Waals surface area contributed by atoms with Gasteiger partial charge in [-0.05, 0) is 18.6 Å². The van der Waals surface area contributed by atoms with Gasteiger partial charge in [0.15, 0.2) is 5.75 Å². The van der Waals surface area contributed by atoms with Gasteiger partial charge in [0.05, 0.1) is 17.3 Å². The number of hydrogen-bond acceptors (Lipinski definition) is 2. The molecule has 0 fully saturated rings. The first kappa shape index (κ1) is 13.2. The van der Waals surface area contributed by atoms with Crippen molar-refractivity contribution in [3.63, 3.8) is 0 Å². The molecule has 3 heteroatoms. The lowest BCUT2D eigenvalue weighted by atomic mass is 10.2. The Morgan fingerprint density at radius 1 is 1.19 bits per heavy atom. The number of ether oxygens (including phenoxy) is 1. The molecule has 0 saturated carbocycles. The monoisotopic (exact) mass is 241 g/mol. The van der Waals surface area contributed by atoms with E-state index in [0.29, 0.717) is 23.1 Å². The Labute approximate surface area is 103 Å². The average Bonchev–Trinajstić information content (AvgIpc) is 2.26. The molecule has 0 aliphatic heterocycles. The maximum atomic E-state index is 5.99. The number of benzene rings is 1. The summed E-state index contributed by atoms with van der Waals surface area (Å²) in [7, 11) is 0. The lowest BCUT2D eigenvalue weighted by molar-refractivity contribution is 0.306. The molecule has 0 spiro atoms. The number of para-hydroxylation sites is 1. The molecule has 0 aromatic heterocycles. The molecule has 0 aliphatic carbocycles. The van der Waals surface area contributed by atoms with Crippen molar-refractivity contribution in [3.8, 4) is 5.75 Å². The number of halogens is 1. The highest BCUT2D eigenvalue weighted by molar-refractivity contribution is 6.32. The minimum absolute atomic E-state index is 0.591. The van der Waals surface area contributed by atoms with E-state index in [9.17, 15) is 0 Å². The Morgan fingerprint density at radius 3 is 2.62 bits per heavy atom. The summed E-state index contributed by atoms with van der Waals surface area (Å²) >= 11 is 5.99. The summed E-state index contributed by atoms with van der Waals surface area (Å²) in [6.45, 7) is 2.90. The van der Waals surface area contributed by atoms with Crippen molar-refractivity contribution in [2.45, 2.75) is 39.0 Å². The maximum absolute atomic E-state index is 5.99. The number of anilines is 1. The Bertz CT molecular complexity index is 295. The summed E-state index contributed by atoms with van der Waals surface area (Å²) in [5.74, 6) is 0.625. The average molecular weight is 242 g/mol. The lowest BCUT2D eigenvalue weighted by Crippen LogP contribution is -2.00. The van der Waals surface area contributed by atoms with Gasteiger partial charge >= 0.3 is 0 Å². The number of nitrogens with two attached hydrogens (primary N) is 1. The predicted octanol–water partition coefficient (Wildman–Crippen LogP) is 4.27. The van der Waals surface area contributed by atoms with Gasteiger partial charge in [-0.1, -0.05) is 50.3 Å². The Morgan fingerprint density at radius 2 is 1.94 bits per heavy atom. The molecule has 2 nitrogen and oxygen atoms in total. The second-order valence-corrected chi connectivity index (χ2v) is 4.33. The normalized spacial score (nSPS) is 10.4. The Hall–Kier alpha value is -0.890. The van der Waals surface area contributed by atoms with E-state index in [1.165, 1.54) is 25.7 Å². The fraction of sp³-hybridized carbons (Fsp3) is 0.538. The number of hydrogen-bond donors (Lipinski definition) is 1. The third-order valence-corrected chi connectivity index (χ3v) is 2.79. The van der Waals surface area contributed by atoms with Crippen LogP contribution in [0.25, 0.3) is 0 Å². The molecule has 0 saturated heterocycles. The zero-order valence-corrected chi connectivity index (χ0v) is 10.6. The van der Waals surface area contributed by atoms with Crippen LogP contribution in [-0.4, -0.2) is 6.61 Å². The van der Waals surface area contributed by atoms with Crippen LogP contribution in [0.3, 0.4) is 0 Å². The molecule has 1 rings (SSSR count). The van der Waals surface area contributed by atoms with Crippen molar-refractivity contribution in [3.05, 3.63) is 23.2 Å². The topological polar surface area (TPSA) is 35.2 Å². The first-order chi connectivity index (χ1) is 7.75. The van der Waals surface area contributed by atoms with E-state index in [1.54, 1.807) is 12.1 Å². The van der Waals surface area contributed by atoms with E-state index in [0.717, 1.165) is 6.42 Å². The third kappa shape index (κ3) is 4.31. The van der Waals surface area contributed by atoms with Gasteiger partial charge in [0, 0.05) is 0 Å². The highest BCUT2D eigenvalue weighted by atomic mass is 35.5. The van der Waals surface area contributed by atoms with Gasteiger partial charge in [-0.25, -0.2) is 0 Å². The Balaban J connectivity index is 2.26. The fourth-order valence-corrected chi connectivity index (χ4v) is 1.79. The Kier molecular flexibility index (Phi) is 6.09. The van der Waals surface area contributed by atoms with E-state index >= 15 is 0 Å². The van der Waals surface area contributed by atoms with Crippen molar-refractivity contribution < 1.29 is 4.74 Å². The smallest absolute Gasteiger partial charge is 0.160 e. The van der Waals surface area contributed by atoms with Crippen molar-refractivity contribution in [2.75, 3.05) is 12.3 Å². The highest BCUT2D eigenvalue weighted by Gasteiger charge is 2.04. The standard InChI is InChI=1S/C13H20ClNO/c1-2-3-4-5-6-10-16-13-11(14)8-7-9-12(13)15/h7-9H,2-6,10,15H2,1H3. The molecular formula is C13H20ClNO. The van der Waals surface area contributed by atoms with Gasteiger partial charge in [-0.2, -0.15) is 0 Å². The van der Waals surface area contributed by atoms with E-state index < -0.39 is 0 Å². The molecule has 1 aromatic carbocycles. The summed E-state index contributed by atoms with van der Waals surface area (Å²) in [5, 5.41) is 0.591. The second-order valence-electron chi connectivity index (χ2n) is 3.92. The van der Waals surface area contributed by atoms with Crippen LogP contribution < -0.4 is 10.5 Å². The van der Waals surface area contributed by atoms with Crippen LogP contribution in [0, 0.1) is 0 Å². The summed E-state index contributed by atoms with van der Waals surface area (Å²) in [4.78, 5) is 0. The molecule has 0 amide bonds. The van der Waals surface area contributed by atoms with Crippen LogP contribution in [0.5, 0.6) is 5.75 Å². The van der Waals surface area contributed by atoms with Crippen LogP contribution in [0.1, 0.15) is 39.0 Å². The van der Waals surface area contributed by atoms with Gasteiger partial charge < -0.3 is 10.5 Å². The van der Waals surface area contributed by atoms with E-state index in [1.807, 2.05) is 6.07 Å². The van der Waals surface area contributed by atoms with Gasteiger partial charge in [0.1, 0.15) is 0 Å². The minimum Gasteiger partial charge on any atom is -0.490 e. The van der Waals surface area contributed by atoms with E-state index in [2.05, 4.69) is 6.92 Å². The first-order valence-corrected chi connectivity index (χ1v) is 6.30.